The van der Waals surface area contributed by atoms with E-state index in [-0.39, 0.29) is 18.2 Å². The van der Waals surface area contributed by atoms with Crippen molar-refractivity contribution in [3.05, 3.63) is 78.2 Å². The minimum atomic E-state index is -0.250. The lowest BCUT2D eigenvalue weighted by molar-refractivity contribution is 0.0769. The van der Waals surface area contributed by atoms with Gasteiger partial charge in [0.2, 0.25) is 5.89 Å². The molecule has 0 aliphatic rings. The number of aromatic nitrogens is 2. The molecule has 0 saturated heterocycles. The second-order valence-corrected chi connectivity index (χ2v) is 6.44. The number of pyridine rings is 1. The zero-order valence-corrected chi connectivity index (χ0v) is 15.6. The van der Waals surface area contributed by atoms with E-state index in [0.717, 1.165) is 16.5 Å². The maximum atomic E-state index is 12.5. The maximum Gasteiger partial charge on any atom is 0.275 e. The van der Waals surface area contributed by atoms with E-state index in [2.05, 4.69) is 9.97 Å². The van der Waals surface area contributed by atoms with Gasteiger partial charge in [0, 0.05) is 30.2 Å². The van der Waals surface area contributed by atoms with Gasteiger partial charge in [0.1, 0.15) is 23.5 Å². The van der Waals surface area contributed by atoms with Gasteiger partial charge in [-0.25, -0.2) is 4.98 Å². The first-order valence-electron chi connectivity index (χ1n) is 8.81. The van der Waals surface area contributed by atoms with Crippen LogP contribution in [0.1, 0.15) is 27.9 Å². The number of fused-ring (bicyclic) bond motifs is 1. The van der Waals surface area contributed by atoms with Crippen LogP contribution in [0.25, 0.3) is 10.8 Å². The first-order valence-corrected chi connectivity index (χ1v) is 8.81. The highest BCUT2D eigenvalue weighted by Crippen LogP contribution is 2.25. The van der Waals surface area contributed by atoms with Crippen molar-refractivity contribution >= 4 is 16.7 Å². The summed E-state index contributed by atoms with van der Waals surface area (Å²) in [7, 11) is 1.69. The molecule has 3 aromatic heterocycles. The van der Waals surface area contributed by atoms with E-state index in [4.69, 9.17) is 13.6 Å². The summed E-state index contributed by atoms with van der Waals surface area (Å²) in [5.74, 6) is 2.31. The number of nitrogens with zero attached hydrogens (tertiary/aromatic N) is 3. The summed E-state index contributed by atoms with van der Waals surface area (Å²) in [4.78, 5) is 22.4. The molecule has 1 aromatic carbocycles. The van der Waals surface area contributed by atoms with Crippen molar-refractivity contribution in [2.75, 3.05) is 7.05 Å². The molecule has 0 N–H and O–H groups in total. The summed E-state index contributed by atoms with van der Waals surface area (Å²) in [6.45, 7) is 2.34. The Hall–Kier alpha value is -3.61. The Morgan fingerprint density at radius 3 is 2.93 bits per heavy atom. The van der Waals surface area contributed by atoms with Crippen LogP contribution in [-0.2, 0) is 13.2 Å². The van der Waals surface area contributed by atoms with E-state index < -0.39 is 0 Å². The molecule has 0 radical (unpaired) electrons. The Kier molecular flexibility index (Phi) is 4.80. The van der Waals surface area contributed by atoms with Gasteiger partial charge in [0.25, 0.3) is 5.91 Å². The third-order valence-electron chi connectivity index (χ3n) is 4.30. The quantitative estimate of drug-likeness (QED) is 0.506. The Bertz CT molecular complexity index is 1110. The molecular formula is C21H19N3O4. The van der Waals surface area contributed by atoms with Crippen LogP contribution in [0.3, 0.4) is 0 Å². The Labute approximate surface area is 161 Å². The van der Waals surface area contributed by atoms with E-state index >= 15 is 0 Å². The van der Waals surface area contributed by atoms with E-state index in [9.17, 15) is 4.79 Å². The summed E-state index contributed by atoms with van der Waals surface area (Å²) >= 11 is 0. The van der Waals surface area contributed by atoms with Crippen LogP contribution >= 0.6 is 0 Å². The number of rotatable bonds is 6. The van der Waals surface area contributed by atoms with Gasteiger partial charge >= 0.3 is 0 Å². The third-order valence-corrected chi connectivity index (χ3v) is 4.30. The number of oxazole rings is 1. The van der Waals surface area contributed by atoms with Crippen LogP contribution in [-0.4, -0.2) is 27.8 Å². The summed E-state index contributed by atoms with van der Waals surface area (Å²) in [6.07, 6.45) is 4.84. The number of amides is 1. The summed E-state index contributed by atoms with van der Waals surface area (Å²) in [6, 6.07) is 11.3. The molecule has 142 valence electrons. The molecule has 7 nitrogen and oxygen atoms in total. The highest BCUT2D eigenvalue weighted by atomic mass is 16.5. The molecule has 0 aliphatic heterocycles. The van der Waals surface area contributed by atoms with Gasteiger partial charge in [-0.3, -0.25) is 9.78 Å². The van der Waals surface area contributed by atoms with Crippen molar-refractivity contribution < 1.29 is 18.4 Å². The average molecular weight is 377 g/mol. The Morgan fingerprint density at radius 1 is 1.21 bits per heavy atom. The molecular weight excluding hydrogens is 358 g/mol. The fourth-order valence-electron chi connectivity index (χ4n) is 2.90. The highest BCUT2D eigenvalue weighted by Gasteiger charge is 2.18. The Morgan fingerprint density at radius 2 is 2.11 bits per heavy atom. The second-order valence-electron chi connectivity index (χ2n) is 6.44. The minimum Gasteiger partial charge on any atom is -0.483 e. The molecule has 28 heavy (non-hydrogen) atoms. The van der Waals surface area contributed by atoms with Gasteiger partial charge < -0.3 is 18.5 Å². The fraction of sp³-hybridized carbons (Fsp3) is 0.190. The number of hydrogen-bond donors (Lipinski definition) is 0. The van der Waals surface area contributed by atoms with E-state index in [1.807, 2.05) is 43.3 Å². The molecule has 4 aromatic rings. The smallest absolute Gasteiger partial charge is 0.275 e. The number of furan rings is 1. The van der Waals surface area contributed by atoms with Crippen LogP contribution in [0.15, 0.2) is 63.9 Å². The largest absolute Gasteiger partial charge is 0.483 e. The summed E-state index contributed by atoms with van der Waals surface area (Å²) < 4.78 is 16.7. The lowest BCUT2D eigenvalue weighted by Gasteiger charge is -2.13. The van der Waals surface area contributed by atoms with Crippen LogP contribution in [0.4, 0.5) is 0 Å². The maximum absolute atomic E-state index is 12.5. The number of hydrogen-bond acceptors (Lipinski definition) is 6. The standard InChI is InChI=1S/C21H19N3O4/c1-14-6-7-16(28-14)11-24(2)21(25)18-12-27-20(23-18)13-26-19-5-3-4-15-10-22-9-8-17(15)19/h3-10,12H,11,13H2,1-2H3. The molecule has 3 heterocycles. The van der Waals surface area contributed by atoms with Gasteiger partial charge in [-0.05, 0) is 31.2 Å². The lowest BCUT2D eigenvalue weighted by Crippen LogP contribution is -2.26. The van der Waals surface area contributed by atoms with Crippen LogP contribution in [0, 0.1) is 6.92 Å². The van der Waals surface area contributed by atoms with Crippen molar-refractivity contribution in [2.24, 2.45) is 0 Å². The molecule has 1 amide bonds. The molecule has 0 saturated carbocycles. The average Bonchev–Trinajstić information content (AvgIpc) is 3.34. The molecule has 0 atom stereocenters. The molecule has 0 bridgehead atoms. The van der Waals surface area contributed by atoms with Crippen molar-refractivity contribution in [2.45, 2.75) is 20.1 Å². The van der Waals surface area contributed by atoms with Crippen LogP contribution in [0.5, 0.6) is 5.75 Å². The predicted octanol–water partition coefficient (Wildman–Crippen LogP) is 3.98. The first-order chi connectivity index (χ1) is 13.6. The monoisotopic (exact) mass is 377 g/mol. The molecule has 0 unspecified atom stereocenters. The van der Waals surface area contributed by atoms with Gasteiger partial charge in [0.05, 0.1) is 6.54 Å². The second kappa shape index (κ2) is 7.56. The molecule has 4 rings (SSSR count). The van der Waals surface area contributed by atoms with Crippen LogP contribution < -0.4 is 4.74 Å². The normalized spacial score (nSPS) is 10.9. The number of aryl methyl sites for hydroxylation is 1. The lowest BCUT2D eigenvalue weighted by atomic mass is 10.1. The summed E-state index contributed by atoms with van der Waals surface area (Å²) in [5.41, 5.74) is 0.228. The predicted molar refractivity (Wildman–Crippen MR) is 102 cm³/mol. The van der Waals surface area contributed by atoms with Gasteiger partial charge in [0.15, 0.2) is 12.3 Å². The van der Waals surface area contributed by atoms with Crippen molar-refractivity contribution in [3.63, 3.8) is 0 Å². The number of carbonyl (C=O) groups is 1. The summed E-state index contributed by atoms with van der Waals surface area (Å²) in [5, 5.41) is 1.94. The van der Waals surface area contributed by atoms with Gasteiger partial charge in [-0.1, -0.05) is 12.1 Å². The first kappa shape index (κ1) is 17.8. The molecule has 7 heteroatoms. The molecule has 0 aliphatic carbocycles. The SMILES string of the molecule is Cc1ccc(CN(C)C(=O)c2coc(COc3cccc4cnccc34)n2)o1. The molecule has 0 spiro atoms. The van der Waals surface area contributed by atoms with Gasteiger partial charge in [-0.2, -0.15) is 0 Å². The van der Waals surface area contributed by atoms with Crippen molar-refractivity contribution in [1.29, 1.82) is 0 Å². The van der Waals surface area contributed by atoms with E-state index in [0.29, 0.717) is 23.9 Å². The third kappa shape index (κ3) is 3.73. The van der Waals surface area contributed by atoms with Gasteiger partial charge in [-0.15, -0.1) is 0 Å². The number of benzene rings is 1. The highest BCUT2D eigenvalue weighted by molar-refractivity contribution is 5.91. The fourth-order valence-corrected chi connectivity index (χ4v) is 2.90. The molecule has 0 fully saturated rings. The zero-order chi connectivity index (χ0) is 19.5. The zero-order valence-electron chi connectivity index (χ0n) is 15.6. The van der Waals surface area contributed by atoms with Crippen molar-refractivity contribution in [3.8, 4) is 5.75 Å². The van der Waals surface area contributed by atoms with Crippen LogP contribution in [0.2, 0.25) is 0 Å². The van der Waals surface area contributed by atoms with E-state index in [1.54, 1.807) is 19.4 Å². The van der Waals surface area contributed by atoms with E-state index in [1.165, 1.54) is 11.2 Å². The Balaban J connectivity index is 1.41. The number of ether oxygens (including phenoxy) is 1. The minimum absolute atomic E-state index is 0.121. The topological polar surface area (TPSA) is 81.6 Å². The van der Waals surface area contributed by atoms with Crippen molar-refractivity contribution in [1.82, 2.24) is 14.9 Å². The number of carbonyl (C=O) groups excluding carboxylic acids is 1.